The first kappa shape index (κ1) is 14.5. The first-order chi connectivity index (χ1) is 9.31. The maximum absolute atomic E-state index is 9.17. The summed E-state index contributed by atoms with van der Waals surface area (Å²) in [6.45, 7) is 2.34. The zero-order valence-corrected chi connectivity index (χ0v) is 12.5. The van der Waals surface area contributed by atoms with E-state index in [-0.39, 0.29) is 6.61 Å². The van der Waals surface area contributed by atoms with Gasteiger partial charge in [0.05, 0.1) is 13.2 Å². The lowest BCUT2D eigenvalue weighted by atomic mass is 10.2. The summed E-state index contributed by atoms with van der Waals surface area (Å²) in [5.41, 5.74) is 1.24. The lowest BCUT2D eigenvalue weighted by Crippen LogP contribution is -2.26. The number of hydrogen-bond donors (Lipinski definition) is 1. The molecule has 1 aromatic carbocycles. The fourth-order valence-corrected chi connectivity index (χ4v) is 3.13. The Labute approximate surface area is 121 Å². The van der Waals surface area contributed by atoms with Crippen molar-refractivity contribution in [3.05, 3.63) is 40.9 Å². The normalized spacial score (nSPS) is 11.1. The predicted octanol–water partition coefficient (Wildman–Crippen LogP) is 2.25. The van der Waals surface area contributed by atoms with E-state index in [0.29, 0.717) is 6.54 Å². The zero-order valence-electron chi connectivity index (χ0n) is 10.8. The molecular formula is C13H17N3OS2. The van der Waals surface area contributed by atoms with Crippen molar-refractivity contribution in [1.29, 1.82) is 0 Å². The van der Waals surface area contributed by atoms with Crippen LogP contribution in [0.15, 0.2) is 34.7 Å². The number of thioether (sulfide) groups is 1. The Morgan fingerprint density at radius 3 is 2.63 bits per heavy atom. The van der Waals surface area contributed by atoms with Gasteiger partial charge in [0.1, 0.15) is 5.01 Å². The molecule has 0 saturated heterocycles. The maximum Gasteiger partial charge on any atom is 0.174 e. The van der Waals surface area contributed by atoms with Gasteiger partial charge in [-0.05, 0) is 11.8 Å². The highest BCUT2D eigenvalue weighted by Gasteiger charge is 2.10. The number of rotatable bonds is 7. The van der Waals surface area contributed by atoms with Gasteiger partial charge in [0.15, 0.2) is 4.34 Å². The first-order valence-corrected chi connectivity index (χ1v) is 8.09. The summed E-state index contributed by atoms with van der Waals surface area (Å²) >= 11 is 3.23. The summed E-state index contributed by atoms with van der Waals surface area (Å²) in [6, 6.07) is 10.3. The van der Waals surface area contributed by atoms with E-state index in [1.807, 2.05) is 24.5 Å². The van der Waals surface area contributed by atoms with Crippen LogP contribution in [-0.2, 0) is 13.1 Å². The third kappa shape index (κ3) is 4.58. The van der Waals surface area contributed by atoms with E-state index in [1.165, 1.54) is 5.56 Å². The summed E-state index contributed by atoms with van der Waals surface area (Å²) in [4.78, 5) is 2.18. The molecule has 0 aliphatic rings. The Kier molecular flexibility index (Phi) is 5.78. The molecule has 6 heteroatoms. The molecule has 0 unspecified atom stereocenters. The van der Waals surface area contributed by atoms with Crippen LogP contribution in [0.4, 0.5) is 0 Å². The standard InChI is InChI=1S/C13H17N3OS2/c1-18-13-15-14-12(19-13)10-16(7-8-17)9-11-5-3-2-4-6-11/h2-6,17H,7-10H2,1H3. The number of hydrogen-bond acceptors (Lipinski definition) is 6. The van der Waals surface area contributed by atoms with Gasteiger partial charge in [-0.3, -0.25) is 4.90 Å². The van der Waals surface area contributed by atoms with Crippen molar-refractivity contribution < 1.29 is 5.11 Å². The zero-order chi connectivity index (χ0) is 13.5. The largest absolute Gasteiger partial charge is 0.395 e. The van der Waals surface area contributed by atoms with Crippen molar-refractivity contribution in [2.75, 3.05) is 19.4 Å². The van der Waals surface area contributed by atoms with Crippen LogP contribution in [0.3, 0.4) is 0 Å². The highest BCUT2D eigenvalue weighted by molar-refractivity contribution is 8.00. The lowest BCUT2D eigenvalue weighted by molar-refractivity contribution is 0.184. The van der Waals surface area contributed by atoms with E-state index in [4.69, 9.17) is 5.11 Å². The Bertz CT molecular complexity index is 490. The van der Waals surface area contributed by atoms with E-state index in [9.17, 15) is 0 Å². The molecule has 4 nitrogen and oxygen atoms in total. The number of aliphatic hydroxyl groups is 1. The SMILES string of the molecule is CSc1nnc(CN(CCO)Cc2ccccc2)s1. The molecule has 102 valence electrons. The number of benzene rings is 1. The van der Waals surface area contributed by atoms with E-state index in [2.05, 4.69) is 27.2 Å². The Hall–Kier alpha value is -0.950. The smallest absolute Gasteiger partial charge is 0.174 e. The molecule has 2 rings (SSSR count). The van der Waals surface area contributed by atoms with Crippen LogP contribution in [0.2, 0.25) is 0 Å². The second-order valence-corrected chi connectivity index (χ2v) is 6.20. The molecule has 0 aliphatic heterocycles. The fraction of sp³-hybridized carbons (Fsp3) is 0.385. The molecule has 0 amide bonds. The number of nitrogens with zero attached hydrogens (tertiary/aromatic N) is 3. The van der Waals surface area contributed by atoms with E-state index < -0.39 is 0 Å². The van der Waals surface area contributed by atoms with Gasteiger partial charge in [-0.15, -0.1) is 10.2 Å². The van der Waals surface area contributed by atoms with Crippen LogP contribution in [0.1, 0.15) is 10.6 Å². The molecule has 1 N–H and O–H groups in total. The third-order valence-electron chi connectivity index (χ3n) is 2.65. The molecule has 0 fully saturated rings. The van der Waals surface area contributed by atoms with Gasteiger partial charge in [0.25, 0.3) is 0 Å². The minimum absolute atomic E-state index is 0.154. The molecule has 0 saturated carbocycles. The van der Waals surface area contributed by atoms with Gasteiger partial charge in [-0.1, -0.05) is 53.4 Å². The molecule has 0 spiro atoms. The minimum atomic E-state index is 0.154. The minimum Gasteiger partial charge on any atom is -0.395 e. The summed E-state index contributed by atoms with van der Waals surface area (Å²) in [6.07, 6.45) is 2.00. The average Bonchev–Trinajstić information content (AvgIpc) is 2.88. The summed E-state index contributed by atoms with van der Waals surface area (Å²) in [5, 5.41) is 18.4. The topological polar surface area (TPSA) is 49.2 Å². The predicted molar refractivity (Wildman–Crippen MR) is 79.3 cm³/mol. The Balaban J connectivity index is 1.99. The van der Waals surface area contributed by atoms with Gasteiger partial charge in [0.2, 0.25) is 0 Å². The van der Waals surface area contributed by atoms with Crippen LogP contribution in [0.25, 0.3) is 0 Å². The highest BCUT2D eigenvalue weighted by atomic mass is 32.2. The van der Waals surface area contributed by atoms with Gasteiger partial charge < -0.3 is 5.11 Å². The molecular weight excluding hydrogens is 278 g/mol. The van der Waals surface area contributed by atoms with Crippen LogP contribution in [0, 0.1) is 0 Å². The first-order valence-electron chi connectivity index (χ1n) is 6.05. The highest BCUT2D eigenvalue weighted by Crippen LogP contribution is 2.21. The maximum atomic E-state index is 9.17. The lowest BCUT2D eigenvalue weighted by Gasteiger charge is -2.19. The average molecular weight is 295 g/mol. The molecule has 2 aromatic rings. The Morgan fingerprint density at radius 1 is 1.21 bits per heavy atom. The summed E-state index contributed by atoms with van der Waals surface area (Å²) < 4.78 is 0.985. The summed E-state index contributed by atoms with van der Waals surface area (Å²) in [5.74, 6) is 0. The quantitative estimate of drug-likeness (QED) is 0.794. The Morgan fingerprint density at radius 2 is 2.00 bits per heavy atom. The van der Waals surface area contributed by atoms with Crippen molar-refractivity contribution in [2.45, 2.75) is 17.4 Å². The van der Waals surface area contributed by atoms with Crippen molar-refractivity contribution in [3.8, 4) is 0 Å². The van der Waals surface area contributed by atoms with Crippen molar-refractivity contribution >= 4 is 23.1 Å². The van der Waals surface area contributed by atoms with E-state index >= 15 is 0 Å². The van der Waals surface area contributed by atoms with Gasteiger partial charge >= 0.3 is 0 Å². The van der Waals surface area contributed by atoms with Crippen molar-refractivity contribution in [2.24, 2.45) is 0 Å². The van der Waals surface area contributed by atoms with Crippen LogP contribution >= 0.6 is 23.1 Å². The second kappa shape index (κ2) is 7.59. The fourth-order valence-electron chi connectivity index (χ4n) is 1.77. The van der Waals surface area contributed by atoms with Crippen LogP contribution < -0.4 is 0 Å². The van der Waals surface area contributed by atoms with Crippen LogP contribution in [0.5, 0.6) is 0 Å². The number of aliphatic hydroxyl groups excluding tert-OH is 1. The molecule has 0 bridgehead atoms. The third-order valence-corrected chi connectivity index (χ3v) is 4.53. The molecule has 0 radical (unpaired) electrons. The van der Waals surface area contributed by atoms with Gasteiger partial charge in [-0.25, -0.2) is 0 Å². The molecule has 1 aromatic heterocycles. The second-order valence-electron chi connectivity index (χ2n) is 4.09. The van der Waals surface area contributed by atoms with E-state index in [1.54, 1.807) is 23.1 Å². The van der Waals surface area contributed by atoms with Gasteiger partial charge in [-0.2, -0.15) is 0 Å². The molecule has 0 aliphatic carbocycles. The summed E-state index contributed by atoms with van der Waals surface area (Å²) in [7, 11) is 0. The van der Waals surface area contributed by atoms with E-state index in [0.717, 1.165) is 22.4 Å². The van der Waals surface area contributed by atoms with Gasteiger partial charge in [0, 0.05) is 13.1 Å². The van der Waals surface area contributed by atoms with Crippen molar-refractivity contribution in [3.63, 3.8) is 0 Å². The molecule has 0 atom stereocenters. The number of aromatic nitrogens is 2. The van der Waals surface area contributed by atoms with Crippen LogP contribution in [-0.4, -0.2) is 39.6 Å². The monoisotopic (exact) mass is 295 g/mol. The van der Waals surface area contributed by atoms with Crippen molar-refractivity contribution in [1.82, 2.24) is 15.1 Å². The molecule has 1 heterocycles. The molecule has 19 heavy (non-hydrogen) atoms.